The van der Waals surface area contributed by atoms with Crippen LogP contribution in [-0.4, -0.2) is 22.5 Å². The first kappa shape index (κ1) is 11.6. The van der Waals surface area contributed by atoms with Gasteiger partial charge in [0, 0.05) is 18.0 Å². The number of anilines is 1. The van der Waals surface area contributed by atoms with Crippen LogP contribution in [0.15, 0.2) is 17.2 Å². The van der Waals surface area contributed by atoms with Crippen LogP contribution in [0.25, 0.3) is 0 Å². The third-order valence-corrected chi connectivity index (χ3v) is 3.05. The number of nitrogen functional groups attached to an aromatic ring is 1. The fourth-order valence-electron chi connectivity index (χ4n) is 0.846. The zero-order valence-electron chi connectivity index (χ0n) is 7.90. The van der Waals surface area contributed by atoms with Gasteiger partial charge in [0.05, 0.1) is 5.03 Å². The van der Waals surface area contributed by atoms with E-state index < -0.39 is 0 Å². The van der Waals surface area contributed by atoms with E-state index in [0.717, 1.165) is 10.8 Å². The van der Waals surface area contributed by atoms with Crippen molar-refractivity contribution in [2.75, 3.05) is 18.1 Å². The van der Waals surface area contributed by atoms with E-state index in [4.69, 9.17) is 22.4 Å². The van der Waals surface area contributed by atoms with Gasteiger partial charge in [-0.25, -0.2) is 4.98 Å². The summed E-state index contributed by atoms with van der Waals surface area (Å²) in [6, 6.07) is 3.39. The van der Waals surface area contributed by atoms with Crippen LogP contribution in [0.1, 0.15) is 6.92 Å². The van der Waals surface area contributed by atoms with Crippen LogP contribution in [0, 0.1) is 5.92 Å². The number of nitrogens with two attached hydrogens (primary N) is 1. The maximum atomic E-state index is 8.84. The summed E-state index contributed by atoms with van der Waals surface area (Å²) in [4.78, 5) is 4.11. The highest BCUT2D eigenvalue weighted by atomic mass is 35.5. The van der Waals surface area contributed by atoms with Gasteiger partial charge in [-0.3, -0.25) is 0 Å². The van der Waals surface area contributed by atoms with Gasteiger partial charge in [0.2, 0.25) is 0 Å². The number of rotatable bonds is 4. The van der Waals surface area contributed by atoms with Crippen LogP contribution in [-0.2, 0) is 0 Å². The van der Waals surface area contributed by atoms with E-state index in [1.54, 1.807) is 23.9 Å². The Balaban J connectivity index is 2.58. The average molecular weight is 233 g/mol. The van der Waals surface area contributed by atoms with Crippen LogP contribution in [0.2, 0.25) is 5.15 Å². The van der Waals surface area contributed by atoms with Crippen molar-refractivity contribution >= 4 is 29.1 Å². The molecular weight excluding hydrogens is 220 g/mol. The second kappa shape index (κ2) is 5.44. The summed E-state index contributed by atoms with van der Waals surface area (Å²) in [5.74, 6) is 1.06. The van der Waals surface area contributed by atoms with Crippen molar-refractivity contribution in [3.8, 4) is 0 Å². The SMILES string of the molecule is CC(CO)CSc1cc(N)cc(Cl)n1. The molecule has 0 aliphatic heterocycles. The molecule has 1 unspecified atom stereocenters. The second-order valence-electron chi connectivity index (χ2n) is 3.16. The fourth-order valence-corrected chi connectivity index (χ4v) is 2.06. The van der Waals surface area contributed by atoms with Gasteiger partial charge in [-0.2, -0.15) is 0 Å². The predicted octanol–water partition coefficient (Wildman–Crippen LogP) is 2.04. The Kier molecular flexibility index (Phi) is 4.51. The Bertz CT molecular complexity index is 289. The van der Waals surface area contributed by atoms with Crippen LogP contribution < -0.4 is 5.73 Å². The van der Waals surface area contributed by atoms with E-state index in [0.29, 0.717) is 10.8 Å². The average Bonchev–Trinajstić information content (AvgIpc) is 2.12. The minimum absolute atomic E-state index is 0.184. The highest BCUT2D eigenvalue weighted by molar-refractivity contribution is 7.99. The standard InChI is InChI=1S/C9H13ClN2OS/c1-6(4-13)5-14-9-3-7(11)2-8(10)12-9/h2-3,6,13H,4-5H2,1H3,(H2,11,12). The van der Waals surface area contributed by atoms with Gasteiger partial charge in [-0.05, 0) is 18.1 Å². The number of hydrogen-bond acceptors (Lipinski definition) is 4. The van der Waals surface area contributed by atoms with Gasteiger partial charge in [0.15, 0.2) is 0 Å². The molecule has 0 amide bonds. The lowest BCUT2D eigenvalue weighted by atomic mass is 10.2. The van der Waals surface area contributed by atoms with E-state index in [-0.39, 0.29) is 12.5 Å². The highest BCUT2D eigenvalue weighted by Gasteiger charge is 2.04. The molecule has 0 aliphatic rings. The largest absolute Gasteiger partial charge is 0.399 e. The van der Waals surface area contributed by atoms with Crippen molar-refractivity contribution in [1.29, 1.82) is 0 Å². The van der Waals surface area contributed by atoms with Gasteiger partial charge in [0.1, 0.15) is 5.15 Å². The van der Waals surface area contributed by atoms with E-state index in [1.165, 1.54) is 0 Å². The Hall–Kier alpha value is -0.450. The molecule has 1 atom stereocenters. The molecule has 1 rings (SSSR count). The molecule has 1 aromatic rings. The van der Waals surface area contributed by atoms with Crippen LogP contribution in [0.5, 0.6) is 0 Å². The number of halogens is 1. The summed E-state index contributed by atoms with van der Waals surface area (Å²) >= 11 is 7.29. The van der Waals surface area contributed by atoms with Crippen molar-refractivity contribution in [2.45, 2.75) is 11.9 Å². The minimum atomic E-state index is 0.184. The van der Waals surface area contributed by atoms with Crippen LogP contribution in [0.3, 0.4) is 0 Å². The molecule has 78 valence electrons. The molecule has 0 fully saturated rings. The number of aliphatic hydroxyl groups excluding tert-OH is 1. The number of thioether (sulfide) groups is 1. The number of pyridine rings is 1. The first-order valence-corrected chi connectivity index (χ1v) is 5.65. The molecule has 5 heteroatoms. The molecule has 0 spiro atoms. The van der Waals surface area contributed by atoms with Crippen molar-refractivity contribution in [3.05, 3.63) is 17.3 Å². The third kappa shape index (κ3) is 3.74. The molecule has 0 bridgehead atoms. The highest BCUT2D eigenvalue weighted by Crippen LogP contribution is 2.23. The van der Waals surface area contributed by atoms with Gasteiger partial charge in [-0.1, -0.05) is 18.5 Å². The molecule has 1 heterocycles. The Labute approximate surface area is 92.7 Å². The van der Waals surface area contributed by atoms with E-state index in [1.807, 2.05) is 6.92 Å². The zero-order valence-corrected chi connectivity index (χ0v) is 9.48. The summed E-state index contributed by atoms with van der Waals surface area (Å²) < 4.78 is 0. The Morgan fingerprint density at radius 3 is 2.93 bits per heavy atom. The van der Waals surface area contributed by atoms with Crippen molar-refractivity contribution < 1.29 is 5.11 Å². The molecule has 0 saturated carbocycles. The lowest BCUT2D eigenvalue weighted by molar-refractivity contribution is 0.250. The van der Waals surface area contributed by atoms with Crippen LogP contribution in [0.4, 0.5) is 5.69 Å². The summed E-state index contributed by atoms with van der Waals surface area (Å²) in [7, 11) is 0. The fraction of sp³-hybridized carbons (Fsp3) is 0.444. The number of aliphatic hydroxyl groups is 1. The van der Waals surface area contributed by atoms with Gasteiger partial charge < -0.3 is 10.8 Å². The van der Waals surface area contributed by atoms with E-state index in [9.17, 15) is 0 Å². The molecule has 0 aliphatic carbocycles. The van der Waals surface area contributed by atoms with Gasteiger partial charge in [-0.15, -0.1) is 11.8 Å². The number of hydrogen-bond donors (Lipinski definition) is 2. The Morgan fingerprint density at radius 1 is 1.64 bits per heavy atom. The molecule has 1 aromatic heterocycles. The molecule has 3 nitrogen and oxygen atoms in total. The van der Waals surface area contributed by atoms with Crippen LogP contribution >= 0.6 is 23.4 Å². The summed E-state index contributed by atoms with van der Waals surface area (Å²) in [6.07, 6.45) is 0. The molecule has 0 saturated heterocycles. The smallest absolute Gasteiger partial charge is 0.132 e. The third-order valence-electron chi connectivity index (χ3n) is 1.62. The molecule has 3 N–H and O–H groups in total. The van der Waals surface area contributed by atoms with Gasteiger partial charge in [0.25, 0.3) is 0 Å². The zero-order chi connectivity index (χ0) is 10.6. The number of aromatic nitrogens is 1. The molecule has 0 aromatic carbocycles. The molecular formula is C9H13ClN2OS. The van der Waals surface area contributed by atoms with Gasteiger partial charge >= 0.3 is 0 Å². The molecule has 14 heavy (non-hydrogen) atoms. The maximum Gasteiger partial charge on any atom is 0.132 e. The second-order valence-corrected chi connectivity index (χ2v) is 4.59. The van der Waals surface area contributed by atoms with Crippen molar-refractivity contribution in [1.82, 2.24) is 4.98 Å². The summed E-state index contributed by atoms with van der Waals surface area (Å²) in [5.41, 5.74) is 6.23. The first-order valence-electron chi connectivity index (χ1n) is 4.28. The monoisotopic (exact) mass is 232 g/mol. The van der Waals surface area contributed by atoms with E-state index in [2.05, 4.69) is 4.98 Å². The normalized spacial score (nSPS) is 12.8. The lowest BCUT2D eigenvalue weighted by Gasteiger charge is -2.07. The predicted molar refractivity (Wildman–Crippen MR) is 60.6 cm³/mol. The van der Waals surface area contributed by atoms with Crippen molar-refractivity contribution in [2.24, 2.45) is 5.92 Å². The first-order chi connectivity index (χ1) is 6.61. The maximum absolute atomic E-state index is 8.84. The topological polar surface area (TPSA) is 59.1 Å². The lowest BCUT2D eigenvalue weighted by Crippen LogP contribution is -2.03. The number of nitrogens with zero attached hydrogens (tertiary/aromatic N) is 1. The quantitative estimate of drug-likeness (QED) is 0.616. The summed E-state index contributed by atoms with van der Waals surface area (Å²) in [5, 5.41) is 10.0. The molecule has 0 radical (unpaired) electrons. The van der Waals surface area contributed by atoms with E-state index >= 15 is 0 Å². The Morgan fingerprint density at radius 2 is 2.36 bits per heavy atom. The summed E-state index contributed by atoms with van der Waals surface area (Å²) in [6.45, 7) is 2.16. The minimum Gasteiger partial charge on any atom is -0.399 e. The van der Waals surface area contributed by atoms with Crippen molar-refractivity contribution in [3.63, 3.8) is 0 Å².